The number of carbonyl (C=O) groups excluding carboxylic acids is 3. The molecular weight excluding hydrogens is 476 g/mol. The summed E-state index contributed by atoms with van der Waals surface area (Å²) in [6.45, 7) is 0.309. The van der Waals surface area contributed by atoms with E-state index in [2.05, 4.69) is 0 Å². The van der Waals surface area contributed by atoms with Crippen molar-refractivity contribution in [2.75, 3.05) is 27.3 Å². The van der Waals surface area contributed by atoms with E-state index in [4.69, 9.17) is 9.47 Å². The molecule has 2 aliphatic heterocycles. The fourth-order valence-corrected chi connectivity index (χ4v) is 6.00. The second kappa shape index (κ2) is 9.88. The summed E-state index contributed by atoms with van der Waals surface area (Å²) in [7, 11) is 3.07. The summed E-state index contributed by atoms with van der Waals surface area (Å²) in [4.78, 5) is 55.2. The molecule has 3 amide bonds. The summed E-state index contributed by atoms with van der Waals surface area (Å²) in [5.74, 6) is -2.36. The number of imide groups is 1. The minimum absolute atomic E-state index is 0.0367. The van der Waals surface area contributed by atoms with Crippen LogP contribution in [-0.4, -0.2) is 65.9 Å². The minimum atomic E-state index is -0.959. The number of hydrogen-bond acceptors (Lipinski definition) is 6. The van der Waals surface area contributed by atoms with Gasteiger partial charge in [-0.2, -0.15) is 0 Å². The molecule has 3 aliphatic rings. The molecule has 2 unspecified atom stereocenters. The molecule has 1 N–H and O–H groups in total. The normalized spacial score (nSPS) is 22.9. The first-order valence-corrected chi connectivity index (χ1v) is 12.6. The van der Waals surface area contributed by atoms with Crippen LogP contribution < -0.4 is 9.47 Å². The molecule has 0 spiro atoms. The average Bonchev–Trinajstić information content (AvgIpc) is 3.16. The van der Waals surface area contributed by atoms with E-state index in [9.17, 15) is 24.3 Å². The van der Waals surface area contributed by atoms with Crippen molar-refractivity contribution in [2.24, 2.45) is 11.8 Å². The quantitative estimate of drug-likeness (QED) is 0.598. The number of ether oxygens (including phenoxy) is 2. The molecule has 0 radical (unpaired) electrons. The molecule has 2 aromatic carbocycles. The van der Waals surface area contributed by atoms with Crippen LogP contribution in [-0.2, 0) is 16.0 Å². The molecule has 5 rings (SSSR count). The number of benzene rings is 2. The molecular formula is C28H30N2O7. The Morgan fingerprint density at radius 1 is 0.946 bits per heavy atom. The Balaban J connectivity index is 1.55. The molecule has 1 aliphatic carbocycles. The second-order valence-electron chi connectivity index (χ2n) is 9.81. The second-order valence-corrected chi connectivity index (χ2v) is 9.81. The summed E-state index contributed by atoms with van der Waals surface area (Å²) in [6, 6.07) is 9.70. The minimum Gasteiger partial charge on any atom is -0.493 e. The Labute approximate surface area is 214 Å². The lowest BCUT2D eigenvalue weighted by Gasteiger charge is -2.42. The number of aliphatic carboxylic acids is 1. The molecule has 194 valence electrons. The van der Waals surface area contributed by atoms with E-state index >= 15 is 0 Å². The molecule has 3 atom stereocenters. The van der Waals surface area contributed by atoms with E-state index in [1.165, 1.54) is 12.0 Å². The van der Waals surface area contributed by atoms with Crippen LogP contribution in [0.2, 0.25) is 0 Å². The average molecular weight is 507 g/mol. The van der Waals surface area contributed by atoms with Crippen LogP contribution in [0.4, 0.5) is 0 Å². The van der Waals surface area contributed by atoms with Crippen LogP contribution in [0.5, 0.6) is 11.5 Å². The Bertz CT molecular complexity index is 1240. The molecule has 9 heteroatoms. The fourth-order valence-electron chi connectivity index (χ4n) is 6.00. The maximum atomic E-state index is 13.9. The zero-order chi connectivity index (χ0) is 26.3. The number of amides is 3. The predicted octanol–water partition coefficient (Wildman–Crippen LogP) is 3.32. The molecule has 0 bridgehead atoms. The molecule has 2 heterocycles. The van der Waals surface area contributed by atoms with Crippen molar-refractivity contribution >= 4 is 23.7 Å². The van der Waals surface area contributed by atoms with Gasteiger partial charge >= 0.3 is 5.97 Å². The maximum Gasteiger partial charge on any atom is 0.307 e. The summed E-state index contributed by atoms with van der Waals surface area (Å²) < 4.78 is 11.0. The number of carbonyl (C=O) groups is 4. The van der Waals surface area contributed by atoms with Crippen molar-refractivity contribution in [1.82, 2.24) is 9.80 Å². The largest absolute Gasteiger partial charge is 0.493 e. The number of rotatable bonds is 6. The Morgan fingerprint density at radius 2 is 1.54 bits per heavy atom. The maximum absolute atomic E-state index is 13.9. The lowest BCUT2D eigenvalue weighted by Crippen LogP contribution is -2.50. The number of carboxylic acids is 1. The van der Waals surface area contributed by atoms with Crippen LogP contribution in [0, 0.1) is 11.8 Å². The van der Waals surface area contributed by atoms with Crippen LogP contribution in [0.1, 0.15) is 63.6 Å². The van der Waals surface area contributed by atoms with Gasteiger partial charge in [0, 0.05) is 6.54 Å². The molecule has 1 saturated carbocycles. The Morgan fingerprint density at radius 3 is 2.14 bits per heavy atom. The van der Waals surface area contributed by atoms with Crippen molar-refractivity contribution in [2.45, 2.75) is 38.1 Å². The third kappa shape index (κ3) is 4.22. The Hall–Kier alpha value is -3.88. The standard InChI is InChI=1S/C28H30N2O7/c1-36-23-13-16-11-12-29(25(31)19-9-5-6-10-20(19)28(34)35)22(21(16)14-24(23)37-2)15-30-26(32)17-7-3-4-8-18(17)27(30)33/h3-4,7-8,13-14,19-20,22H,5-6,9-12,15H2,1-2H3,(H,34,35)/t19?,20?,22-/m0/s1. The van der Waals surface area contributed by atoms with Gasteiger partial charge in [-0.25, -0.2) is 0 Å². The number of fused-ring (bicyclic) bond motifs is 2. The van der Waals surface area contributed by atoms with Gasteiger partial charge in [0.2, 0.25) is 5.91 Å². The van der Waals surface area contributed by atoms with E-state index in [-0.39, 0.29) is 12.5 Å². The fraction of sp³-hybridized carbons (Fsp3) is 0.429. The van der Waals surface area contributed by atoms with Gasteiger partial charge in [0.05, 0.1) is 49.8 Å². The van der Waals surface area contributed by atoms with Gasteiger partial charge in [-0.15, -0.1) is 0 Å². The highest BCUT2D eigenvalue weighted by Gasteiger charge is 2.44. The third-order valence-electron chi connectivity index (χ3n) is 7.92. The Kier molecular flexibility index (Phi) is 6.62. The van der Waals surface area contributed by atoms with E-state index in [0.717, 1.165) is 24.0 Å². The van der Waals surface area contributed by atoms with Gasteiger partial charge in [0.15, 0.2) is 11.5 Å². The van der Waals surface area contributed by atoms with E-state index in [1.54, 1.807) is 42.3 Å². The van der Waals surface area contributed by atoms with E-state index in [1.807, 2.05) is 6.07 Å². The monoisotopic (exact) mass is 506 g/mol. The van der Waals surface area contributed by atoms with Crippen molar-refractivity contribution < 1.29 is 33.8 Å². The first-order chi connectivity index (χ1) is 17.8. The highest BCUT2D eigenvalue weighted by Crippen LogP contribution is 2.41. The first kappa shape index (κ1) is 24.8. The van der Waals surface area contributed by atoms with Gasteiger partial charge in [-0.3, -0.25) is 24.1 Å². The van der Waals surface area contributed by atoms with Crippen molar-refractivity contribution in [3.05, 3.63) is 58.7 Å². The SMILES string of the molecule is COc1cc2c(cc1OC)[C@H](CN1C(=O)c3ccccc3C1=O)N(C(=O)C1CCCCC1C(=O)O)CC2. The van der Waals surface area contributed by atoms with Crippen molar-refractivity contribution in [3.63, 3.8) is 0 Å². The summed E-state index contributed by atoms with van der Waals surface area (Å²) in [5.41, 5.74) is 2.37. The summed E-state index contributed by atoms with van der Waals surface area (Å²) >= 11 is 0. The predicted molar refractivity (Wildman–Crippen MR) is 133 cm³/mol. The lowest BCUT2D eigenvalue weighted by atomic mass is 9.77. The van der Waals surface area contributed by atoms with Gasteiger partial charge < -0.3 is 19.5 Å². The van der Waals surface area contributed by atoms with Gasteiger partial charge in [-0.1, -0.05) is 25.0 Å². The molecule has 37 heavy (non-hydrogen) atoms. The number of nitrogens with zero attached hydrogens (tertiary/aromatic N) is 2. The van der Waals surface area contributed by atoms with Gasteiger partial charge in [0.1, 0.15) is 0 Å². The number of carboxylic acid groups (broad SMARTS) is 1. The molecule has 1 fully saturated rings. The summed E-state index contributed by atoms with van der Waals surface area (Å²) in [6.07, 6.45) is 3.07. The highest BCUT2D eigenvalue weighted by atomic mass is 16.5. The molecule has 0 aromatic heterocycles. The topological polar surface area (TPSA) is 113 Å². The van der Waals surface area contributed by atoms with E-state index in [0.29, 0.717) is 48.4 Å². The van der Waals surface area contributed by atoms with Crippen LogP contribution >= 0.6 is 0 Å². The third-order valence-corrected chi connectivity index (χ3v) is 7.92. The number of hydrogen-bond donors (Lipinski definition) is 1. The van der Waals surface area contributed by atoms with Crippen molar-refractivity contribution in [3.8, 4) is 11.5 Å². The molecule has 9 nitrogen and oxygen atoms in total. The molecule has 2 aromatic rings. The van der Waals surface area contributed by atoms with Gasteiger partial charge in [-0.05, 0) is 54.7 Å². The molecule has 0 saturated heterocycles. The van der Waals surface area contributed by atoms with Crippen LogP contribution in [0.3, 0.4) is 0 Å². The van der Waals surface area contributed by atoms with E-state index < -0.39 is 35.7 Å². The highest BCUT2D eigenvalue weighted by molar-refractivity contribution is 6.21. The first-order valence-electron chi connectivity index (χ1n) is 12.6. The van der Waals surface area contributed by atoms with Crippen molar-refractivity contribution in [1.29, 1.82) is 0 Å². The lowest BCUT2D eigenvalue weighted by molar-refractivity contribution is -0.153. The smallest absolute Gasteiger partial charge is 0.307 e. The summed E-state index contributed by atoms with van der Waals surface area (Å²) in [5, 5.41) is 9.81. The zero-order valence-corrected chi connectivity index (χ0v) is 20.9. The van der Waals surface area contributed by atoms with Crippen LogP contribution in [0.25, 0.3) is 0 Å². The van der Waals surface area contributed by atoms with Crippen LogP contribution in [0.15, 0.2) is 36.4 Å². The van der Waals surface area contributed by atoms with Gasteiger partial charge in [0.25, 0.3) is 11.8 Å². The number of methoxy groups -OCH3 is 2. The zero-order valence-electron chi connectivity index (χ0n) is 20.9.